The number of benzene rings is 1. The average Bonchev–Trinajstić information content (AvgIpc) is 2.57. The number of thiophene rings is 1. The van der Waals surface area contributed by atoms with E-state index in [1.165, 1.54) is 23.5 Å². The van der Waals surface area contributed by atoms with E-state index in [0.717, 1.165) is 5.56 Å². The Morgan fingerprint density at radius 1 is 1.28 bits per heavy atom. The molecule has 6 heteroatoms. The predicted octanol–water partition coefficient (Wildman–Crippen LogP) is 4.80. The van der Waals surface area contributed by atoms with Crippen molar-refractivity contribution in [1.82, 2.24) is 0 Å². The molecule has 2 aromatic rings. The van der Waals surface area contributed by atoms with Gasteiger partial charge in [-0.25, -0.2) is 8.78 Å². The Morgan fingerprint density at radius 2 is 1.83 bits per heavy atom. The lowest BCUT2D eigenvalue weighted by Gasteiger charge is -2.12. The first-order valence-corrected chi connectivity index (χ1v) is 7.04. The van der Waals surface area contributed by atoms with Gasteiger partial charge in [0.05, 0.1) is 10.4 Å². The molecule has 0 aliphatic carbocycles. The Balaban J connectivity index is 2.49. The molecule has 0 bridgehead atoms. The largest absolute Gasteiger partial charge is 0.319 e. The van der Waals surface area contributed by atoms with Crippen LogP contribution in [0, 0.1) is 18.6 Å². The number of rotatable bonds is 2. The Kier molecular flexibility index (Phi) is 4.06. The van der Waals surface area contributed by atoms with Gasteiger partial charge in [0.1, 0.15) is 11.6 Å². The summed E-state index contributed by atoms with van der Waals surface area (Å²) < 4.78 is 28.5. The molecular formula is C12H9BrClF2NS. The highest BCUT2D eigenvalue weighted by Gasteiger charge is 2.21. The van der Waals surface area contributed by atoms with E-state index in [-0.39, 0.29) is 5.56 Å². The van der Waals surface area contributed by atoms with Crippen molar-refractivity contribution in [2.24, 2.45) is 5.73 Å². The van der Waals surface area contributed by atoms with Crippen molar-refractivity contribution in [3.05, 3.63) is 54.6 Å². The van der Waals surface area contributed by atoms with E-state index in [2.05, 4.69) is 15.9 Å². The molecule has 0 spiro atoms. The monoisotopic (exact) mass is 351 g/mol. The summed E-state index contributed by atoms with van der Waals surface area (Å²) in [6.07, 6.45) is 0. The Bertz CT molecular complexity index is 557. The van der Waals surface area contributed by atoms with Gasteiger partial charge < -0.3 is 5.73 Å². The van der Waals surface area contributed by atoms with Gasteiger partial charge >= 0.3 is 0 Å². The molecule has 1 nitrogen and oxygen atoms in total. The molecule has 1 unspecified atom stereocenters. The van der Waals surface area contributed by atoms with Gasteiger partial charge in [-0.1, -0.05) is 27.5 Å². The van der Waals surface area contributed by atoms with Crippen LogP contribution in [0.15, 0.2) is 22.7 Å². The molecule has 0 saturated carbocycles. The first kappa shape index (κ1) is 13.9. The lowest BCUT2D eigenvalue weighted by Crippen LogP contribution is -2.14. The topological polar surface area (TPSA) is 26.0 Å². The van der Waals surface area contributed by atoms with Crippen molar-refractivity contribution in [3.63, 3.8) is 0 Å². The second-order valence-corrected chi connectivity index (χ2v) is 6.47. The van der Waals surface area contributed by atoms with E-state index in [1.807, 2.05) is 6.92 Å². The fourth-order valence-corrected chi connectivity index (χ4v) is 3.26. The van der Waals surface area contributed by atoms with Crippen LogP contribution < -0.4 is 5.73 Å². The lowest BCUT2D eigenvalue weighted by molar-refractivity contribution is 0.543. The summed E-state index contributed by atoms with van der Waals surface area (Å²) >= 11 is 10.2. The summed E-state index contributed by atoms with van der Waals surface area (Å²) in [5.74, 6) is -1.34. The highest BCUT2D eigenvalue weighted by Crippen LogP contribution is 2.35. The van der Waals surface area contributed by atoms with Gasteiger partial charge in [-0.05, 0) is 30.7 Å². The van der Waals surface area contributed by atoms with E-state index in [9.17, 15) is 8.78 Å². The van der Waals surface area contributed by atoms with Gasteiger partial charge in [0.2, 0.25) is 0 Å². The summed E-state index contributed by atoms with van der Waals surface area (Å²) in [6, 6.07) is 3.29. The Hall–Kier alpha value is -0.490. The van der Waals surface area contributed by atoms with Crippen molar-refractivity contribution in [1.29, 1.82) is 0 Å². The molecule has 2 N–H and O–H groups in total. The summed E-state index contributed by atoms with van der Waals surface area (Å²) in [4.78, 5) is 0.637. The molecule has 0 radical (unpaired) electrons. The third-order valence-corrected chi connectivity index (χ3v) is 4.63. The van der Waals surface area contributed by atoms with Crippen LogP contribution >= 0.6 is 38.9 Å². The molecule has 1 aromatic carbocycles. The molecule has 1 aromatic heterocycles. The first-order valence-electron chi connectivity index (χ1n) is 5.06. The maximum Gasteiger partial charge on any atom is 0.132 e. The second-order valence-electron chi connectivity index (χ2n) is 3.87. The Labute approximate surface area is 121 Å². The Morgan fingerprint density at radius 3 is 2.28 bits per heavy atom. The van der Waals surface area contributed by atoms with Crippen LogP contribution in [0.25, 0.3) is 0 Å². The highest BCUT2D eigenvalue weighted by molar-refractivity contribution is 9.10. The number of halogens is 4. The van der Waals surface area contributed by atoms with Gasteiger partial charge in [-0.3, -0.25) is 0 Å². The standard InChI is InChI=1S/C12H9BrClF2NS/c1-5-2-9(18-12(5)14)11(17)10-7(15)3-6(13)4-8(10)16/h2-4,11H,17H2,1H3. The first-order chi connectivity index (χ1) is 8.40. The molecular weight excluding hydrogens is 344 g/mol. The van der Waals surface area contributed by atoms with Crippen LogP contribution in [-0.4, -0.2) is 0 Å². The lowest BCUT2D eigenvalue weighted by atomic mass is 10.0. The van der Waals surface area contributed by atoms with Crippen LogP contribution in [0.5, 0.6) is 0 Å². The van der Waals surface area contributed by atoms with Gasteiger partial charge in [0.15, 0.2) is 0 Å². The van der Waals surface area contributed by atoms with Gasteiger partial charge in [0.25, 0.3) is 0 Å². The molecule has 1 heterocycles. The molecule has 1 atom stereocenters. The predicted molar refractivity (Wildman–Crippen MR) is 74.2 cm³/mol. The average molecular weight is 353 g/mol. The quantitative estimate of drug-likeness (QED) is 0.825. The summed E-state index contributed by atoms with van der Waals surface area (Å²) in [6.45, 7) is 1.82. The zero-order valence-electron chi connectivity index (χ0n) is 9.31. The molecule has 0 aliphatic rings. The van der Waals surface area contributed by atoms with E-state index in [4.69, 9.17) is 17.3 Å². The van der Waals surface area contributed by atoms with E-state index >= 15 is 0 Å². The molecule has 18 heavy (non-hydrogen) atoms. The van der Waals surface area contributed by atoms with E-state index in [1.54, 1.807) is 6.07 Å². The zero-order chi connectivity index (χ0) is 13.4. The fraction of sp³-hybridized carbons (Fsp3) is 0.167. The van der Waals surface area contributed by atoms with Crippen molar-refractivity contribution < 1.29 is 8.78 Å². The normalized spacial score (nSPS) is 12.8. The molecule has 0 saturated heterocycles. The van der Waals surface area contributed by atoms with Crippen LogP contribution in [0.3, 0.4) is 0 Å². The molecule has 0 fully saturated rings. The molecule has 2 rings (SSSR count). The zero-order valence-corrected chi connectivity index (χ0v) is 12.5. The van der Waals surface area contributed by atoms with Gasteiger partial charge in [-0.2, -0.15) is 0 Å². The summed E-state index contributed by atoms with van der Waals surface area (Å²) in [7, 11) is 0. The van der Waals surface area contributed by atoms with Gasteiger partial charge in [0, 0.05) is 14.9 Å². The minimum Gasteiger partial charge on any atom is -0.319 e. The smallest absolute Gasteiger partial charge is 0.132 e. The molecule has 96 valence electrons. The number of hydrogen-bond acceptors (Lipinski definition) is 2. The third-order valence-electron chi connectivity index (χ3n) is 2.54. The van der Waals surface area contributed by atoms with Crippen molar-refractivity contribution in [3.8, 4) is 0 Å². The molecule has 0 aliphatic heterocycles. The van der Waals surface area contributed by atoms with E-state index < -0.39 is 17.7 Å². The maximum absolute atomic E-state index is 13.8. The SMILES string of the molecule is Cc1cc(C(N)c2c(F)cc(Br)cc2F)sc1Cl. The van der Waals surface area contributed by atoms with Crippen LogP contribution in [0.4, 0.5) is 8.78 Å². The summed E-state index contributed by atoms with van der Waals surface area (Å²) in [5.41, 5.74) is 6.62. The third kappa shape index (κ3) is 2.59. The minimum atomic E-state index is -0.853. The van der Waals surface area contributed by atoms with Crippen LogP contribution in [-0.2, 0) is 0 Å². The van der Waals surface area contributed by atoms with Crippen LogP contribution in [0.1, 0.15) is 22.0 Å². The summed E-state index contributed by atoms with van der Waals surface area (Å²) in [5, 5.41) is 0. The van der Waals surface area contributed by atoms with E-state index in [0.29, 0.717) is 13.7 Å². The number of nitrogens with two attached hydrogens (primary N) is 1. The second kappa shape index (κ2) is 5.25. The van der Waals surface area contributed by atoms with Crippen LogP contribution in [0.2, 0.25) is 4.34 Å². The van der Waals surface area contributed by atoms with Gasteiger partial charge in [-0.15, -0.1) is 11.3 Å². The molecule has 0 amide bonds. The highest BCUT2D eigenvalue weighted by atomic mass is 79.9. The van der Waals surface area contributed by atoms with Crippen molar-refractivity contribution in [2.45, 2.75) is 13.0 Å². The maximum atomic E-state index is 13.8. The fourth-order valence-electron chi connectivity index (χ4n) is 1.63. The minimum absolute atomic E-state index is 0.142. The van der Waals surface area contributed by atoms with Crippen molar-refractivity contribution >= 4 is 38.9 Å². The number of aryl methyl sites for hydroxylation is 1. The van der Waals surface area contributed by atoms with Crippen molar-refractivity contribution in [2.75, 3.05) is 0 Å². The number of hydrogen-bond donors (Lipinski definition) is 1.